The monoisotopic (exact) mass is 872 g/mol. The van der Waals surface area contributed by atoms with Crippen LogP contribution in [0.5, 0.6) is 0 Å². The minimum absolute atomic E-state index is 0.898. The molecule has 0 fully saturated rings. The second kappa shape index (κ2) is 11.2. The molecule has 0 amide bonds. The van der Waals surface area contributed by atoms with Crippen molar-refractivity contribution in [2.45, 2.75) is 0 Å². The molecule has 0 saturated carbocycles. The number of thiophene rings is 2. The van der Waals surface area contributed by atoms with Gasteiger partial charge in [0.25, 0.3) is 0 Å². The quantitative estimate of drug-likeness (QED) is 0.165. The van der Waals surface area contributed by atoms with E-state index in [4.69, 9.17) is 8.83 Å². The number of aromatic nitrogens is 2. The average molecular weight is 873 g/mol. The Morgan fingerprint density at radius 1 is 0.273 bits per heavy atom. The summed E-state index contributed by atoms with van der Waals surface area (Å²) in [6.45, 7) is 0. The van der Waals surface area contributed by atoms with Crippen LogP contribution in [0.1, 0.15) is 0 Å². The van der Waals surface area contributed by atoms with Crippen molar-refractivity contribution in [3.63, 3.8) is 0 Å². The minimum atomic E-state index is 0.898. The molecule has 0 atom stereocenters. The largest absolute Gasteiger partial charge is 0.456 e. The molecule has 302 valence electrons. The van der Waals surface area contributed by atoms with E-state index in [0.29, 0.717) is 0 Å². The number of benzene rings is 10. The van der Waals surface area contributed by atoms with E-state index in [1.807, 2.05) is 28.7 Å². The topological polar surface area (TPSA) is 35.1 Å². The maximum atomic E-state index is 6.69. The first-order chi connectivity index (χ1) is 32.7. The van der Waals surface area contributed by atoms with Crippen molar-refractivity contribution in [3.05, 3.63) is 170 Å². The zero-order valence-corrected chi connectivity index (χ0v) is 36.3. The minimum Gasteiger partial charge on any atom is -0.456 e. The van der Waals surface area contributed by atoms with Crippen LogP contribution >= 0.6 is 22.7 Å². The number of rotatable bonds is 1. The van der Waals surface area contributed by atoms with Crippen molar-refractivity contribution in [3.8, 4) is 11.1 Å². The summed E-state index contributed by atoms with van der Waals surface area (Å²) in [6.07, 6.45) is 0. The van der Waals surface area contributed by atoms with Crippen LogP contribution in [0.15, 0.2) is 179 Å². The molecule has 0 aliphatic heterocycles. The molecule has 0 aliphatic carbocycles. The number of fused-ring (bicyclic) bond motifs is 26. The van der Waals surface area contributed by atoms with Gasteiger partial charge in [0.1, 0.15) is 22.3 Å². The molecule has 18 aromatic rings. The Balaban J connectivity index is 0.861. The van der Waals surface area contributed by atoms with Crippen LogP contribution in [0, 0.1) is 0 Å². The van der Waals surface area contributed by atoms with E-state index in [1.54, 1.807) is 0 Å². The van der Waals surface area contributed by atoms with Gasteiger partial charge in [-0.05, 0) is 96.1 Å². The summed E-state index contributed by atoms with van der Waals surface area (Å²) in [7, 11) is 0. The van der Waals surface area contributed by atoms with Crippen molar-refractivity contribution in [1.82, 2.24) is 8.80 Å². The molecule has 18 rings (SSSR count). The van der Waals surface area contributed by atoms with Crippen LogP contribution in [-0.2, 0) is 0 Å². The van der Waals surface area contributed by atoms with Gasteiger partial charge < -0.3 is 17.6 Å². The fraction of sp³-hybridized carbons (Fsp3) is 0. The maximum absolute atomic E-state index is 6.69. The summed E-state index contributed by atoms with van der Waals surface area (Å²) >= 11 is 3.79. The van der Waals surface area contributed by atoms with Crippen LogP contribution in [-0.4, -0.2) is 8.80 Å². The Hall–Kier alpha value is -8.16. The summed E-state index contributed by atoms with van der Waals surface area (Å²) in [4.78, 5) is 0. The zero-order chi connectivity index (χ0) is 42.3. The van der Waals surface area contributed by atoms with Crippen LogP contribution in [0.25, 0.3) is 172 Å². The van der Waals surface area contributed by atoms with Crippen molar-refractivity contribution in [2.24, 2.45) is 0 Å². The molecular formula is C60H28N2O2S2. The van der Waals surface area contributed by atoms with Crippen molar-refractivity contribution >= 4 is 183 Å². The number of hydrogen-bond acceptors (Lipinski definition) is 4. The third kappa shape index (κ3) is 3.81. The van der Waals surface area contributed by atoms with Crippen molar-refractivity contribution in [1.29, 1.82) is 0 Å². The average Bonchev–Trinajstić information content (AvgIpc) is 4.24. The predicted molar refractivity (Wildman–Crippen MR) is 282 cm³/mol. The lowest BCUT2D eigenvalue weighted by molar-refractivity contribution is 0.669. The normalized spacial score (nSPS) is 13.2. The molecule has 0 unspecified atom stereocenters. The summed E-state index contributed by atoms with van der Waals surface area (Å²) in [5.41, 5.74) is 13.5. The van der Waals surface area contributed by atoms with Crippen LogP contribution in [0.3, 0.4) is 0 Å². The number of nitrogens with zero attached hydrogens (tertiary/aromatic N) is 2. The highest BCUT2D eigenvalue weighted by molar-refractivity contribution is 7.26. The third-order valence-corrected chi connectivity index (χ3v) is 17.4. The second-order valence-corrected chi connectivity index (χ2v) is 20.5. The molecule has 66 heavy (non-hydrogen) atoms. The molecule has 0 aliphatic rings. The van der Waals surface area contributed by atoms with E-state index in [-0.39, 0.29) is 0 Å². The Labute approximate surface area is 379 Å². The summed E-state index contributed by atoms with van der Waals surface area (Å²) in [6, 6.07) is 63.2. The van der Waals surface area contributed by atoms with Gasteiger partial charge in [0.05, 0.1) is 33.1 Å². The number of hydrogen-bond donors (Lipinski definition) is 0. The van der Waals surface area contributed by atoms with E-state index in [1.165, 1.54) is 128 Å². The molecule has 8 aromatic heterocycles. The van der Waals surface area contributed by atoms with Gasteiger partial charge in [0, 0.05) is 105 Å². The van der Waals surface area contributed by atoms with Gasteiger partial charge in [-0.15, -0.1) is 22.7 Å². The Morgan fingerprint density at radius 3 is 1.47 bits per heavy atom. The van der Waals surface area contributed by atoms with Crippen molar-refractivity contribution in [2.75, 3.05) is 0 Å². The molecular weight excluding hydrogens is 845 g/mol. The molecule has 4 nitrogen and oxygen atoms in total. The fourth-order valence-electron chi connectivity index (χ4n) is 12.5. The van der Waals surface area contributed by atoms with Gasteiger partial charge in [-0.1, -0.05) is 84.9 Å². The Kier molecular flexibility index (Phi) is 5.66. The third-order valence-electron chi connectivity index (χ3n) is 15.2. The number of furan rings is 2. The summed E-state index contributed by atoms with van der Waals surface area (Å²) < 4.78 is 23.4. The van der Waals surface area contributed by atoms with Crippen LogP contribution < -0.4 is 0 Å². The SMILES string of the molecule is c1ccc2c(c1)oc1cc3c4cccc5c6cc7oc8ccc(-c9ccc%10sc%11ccc%12c(c%13cccc%14c%15c%16c(ccc%15n%12c%14%13)sc%12ccccc%12%16)c%11c%10c9)cc8c7cc6n(c3cc12)c45. The zero-order valence-electron chi connectivity index (χ0n) is 34.7. The Morgan fingerprint density at radius 2 is 0.758 bits per heavy atom. The molecule has 0 spiro atoms. The second-order valence-electron chi connectivity index (χ2n) is 18.3. The van der Waals surface area contributed by atoms with E-state index in [0.717, 1.165) is 43.9 Å². The number of para-hydroxylation sites is 3. The van der Waals surface area contributed by atoms with Gasteiger partial charge >= 0.3 is 0 Å². The first-order valence-corrected chi connectivity index (χ1v) is 24.1. The smallest absolute Gasteiger partial charge is 0.136 e. The van der Waals surface area contributed by atoms with Crippen LogP contribution in [0.4, 0.5) is 0 Å². The van der Waals surface area contributed by atoms with Gasteiger partial charge in [0.2, 0.25) is 0 Å². The van der Waals surface area contributed by atoms with E-state index >= 15 is 0 Å². The molecule has 10 aromatic carbocycles. The lowest BCUT2D eigenvalue weighted by atomic mass is 9.98. The highest BCUT2D eigenvalue weighted by Gasteiger charge is 2.25. The van der Waals surface area contributed by atoms with Gasteiger partial charge in [-0.3, -0.25) is 0 Å². The van der Waals surface area contributed by atoms with E-state index < -0.39 is 0 Å². The highest BCUT2D eigenvalue weighted by atomic mass is 32.1. The molecule has 0 saturated heterocycles. The molecule has 0 radical (unpaired) electrons. The van der Waals surface area contributed by atoms with Crippen molar-refractivity contribution < 1.29 is 8.83 Å². The molecule has 0 N–H and O–H groups in total. The predicted octanol–water partition coefficient (Wildman–Crippen LogP) is 18.2. The maximum Gasteiger partial charge on any atom is 0.136 e. The Bertz CT molecular complexity index is 5240. The fourth-order valence-corrected chi connectivity index (χ4v) is 14.7. The lowest BCUT2D eigenvalue weighted by Crippen LogP contribution is -1.81. The first kappa shape index (κ1) is 33.4. The first-order valence-electron chi connectivity index (χ1n) is 22.5. The summed E-state index contributed by atoms with van der Waals surface area (Å²) in [5.74, 6) is 0. The van der Waals surface area contributed by atoms with E-state index in [2.05, 4.69) is 173 Å². The summed E-state index contributed by atoms with van der Waals surface area (Å²) in [5, 5.41) is 20.1. The van der Waals surface area contributed by atoms with E-state index in [9.17, 15) is 0 Å². The highest BCUT2D eigenvalue weighted by Crippen LogP contribution is 2.50. The van der Waals surface area contributed by atoms with Gasteiger partial charge in [0.15, 0.2) is 0 Å². The molecule has 8 heterocycles. The van der Waals surface area contributed by atoms with Crippen LogP contribution in [0.2, 0.25) is 0 Å². The molecule has 6 heteroatoms. The van der Waals surface area contributed by atoms with Gasteiger partial charge in [-0.25, -0.2) is 0 Å². The lowest BCUT2D eigenvalue weighted by Gasteiger charge is -2.04. The molecule has 0 bridgehead atoms. The standard InChI is InChI=1S/C60H28N2O2S2/c1-3-13-47-31(7-1)40-25-45-37(27-49(40)63-47)32-9-5-10-33-38-28-50-41(26-46(38)62(45)59(32)33)39-23-29(15-19-48(39)64-50)30-16-20-52-42(24-30)58-54(66-52)22-18-44-56(58)36-12-6-11-35-55-43(61(44)60(35)36)17-21-53-57(55)34-8-2-4-14-51(34)65-53/h1-28H. The van der Waals surface area contributed by atoms with Gasteiger partial charge in [-0.2, -0.15) is 0 Å².